The van der Waals surface area contributed by atoms with Crippen molar-refractivity contribution >= 4 is 5.91 Å². The van der Waals surface area contributed by atoms with Gasteiger partial charge in [-0.2, -0.15) is 0 Å². The smallest absolute Gasteiger partial charge is 0.247 e. The van der Waals surface area contributed by atoms with Crippen molar-refractivity contribution in [2.24, 2.45) is 0 Å². The van der Waals surface area contributed by atoms with E-state index in [1.54, 1.807) is 0 Å². The molecule has 1 saturated heterocycles. The summed E-state index contributed by atoms with van der Waals surface area (Å²) in [6, 6.07) is 16.4. The summed E-state index contributed by atoms with van der Waals surface area (Å²) in [6.45, 7) is 11.4. The molecule has 2 aromatic carbocycles. The first-order chi connectivity index (χ1) is 15.4. The van der Waals surface area contributed by atoms with Crippen LogP contribution in [0.3, 0.4) is 0 Å². The van der Waals surface area contributed by atoms with Crippen molar-refractivity contribution in [3.8, 4) is 11.5 Å². The quantitative estimate of drug-likeness (QED) is 0.562. The van der Waals surface area contributed by atoms with E-state index >= 15 is 0 Å². The van der Waals surface area contributed by atoms with Gasteiger partial charge in [0.15, 0.2) is 0 Å². The van der Waals surface area contributed by atoms with Gasteiger partial charge in [-0.3, -0.25) is 9.69 Å². The van der Waals surface area contributed by atoms with Crippen LogP contribution >= 0.6 is 0 Å². The predicted molar refractivity (Wildman–Crippen MR) is 125 cm³/mol. The minimum atomic E-state index is 0.0169. The third kappa shape index (κ3) is 4.91. The predicted octanol–water partition coefficient (Wildman–Crippen LogP) is 4.75. The number of piperazine rings is 1. The van der Waals surface area contributed by atoms with E-state index < -0.39 is 0 Å². The standard InChI is InChI=1S/C26H32N4O2/c1-18-10-11-23(16-19(18)2)26-28-27-25(32-26)21(4)29-12-14-30(15-13-29)24(31)17-20(3)22-8-6-5-7-9-22/h5-11,16,20-21H,12-15,17H2,1-4H3/t20-,21-/m1/s1. The highest BCUT2D eigenvalue weighted by molar-refractivity contribution is 5.77. The number of carbonyl (C=O) groups excluding carboxylic acids is 1. The van der Waals surface area contributed by atoms with Crippen LogP contribution in [0.1, 0.15) is 54.8 Å². The number of benzene rings is 2. The highest BCUT2D eigenvalue weighted by atomic mass is 16.4. The third-order valence-corrected chi connectivity index (χ3v) is 6.62. The number of carbonyl (C=O) groups is 1. The van der Waals surface area contributed by atoms with Crippen LogP contribution in [0.4, 0.5) is 0 Å². The third-order valence-electron chi connectivity index (χ3n) is 6.62. The van der Waals surface area contributed by atoms with Crippen molar-refractivity contribution in [2.45, 2.75) is 46.1 Å². The fourth-order valence-electron chi connectivity index (χ4n) is 4.20. The topological polar surface area (TPSA) is 62.5 Å². The Hall–Kier alpha value is -2.99. The second-order valence-corrected chi connectivity index (χ2v) is 8.85. The number of aryl methyl sites for hydroxylation is 2. The van der Waals surface area contributed by atoms with Gasteiger partial charge in [0, 0.05) is 38.2 Å². The molecule has 6 nitrogen and oxygen atoms in total. The monoisotopic (exact) mass is 432 g/mol. The Morgan fingerprint density at radius 2 is 1.69 bits per heavy atom. The Labute approximate surface area is 190 Å². The number of amides is 1. The number of nitrogens with zero attached hydrogens (tertiary/aromatic N) is 4. The SMILES string of the molecule is Cc1ccc(-c2nnc([C@@H](C)N3CCN(C(=O)C[C@@H](C)c4ccccc4)CC3)o2)cc1C. The molecule has 0 radical (unpaired) electrons. The molecule has 1 aliphatic heterocycles. The molecular formula is C26H32N4O2. The molecule has 32 heavy (non-hydrogen) atoms. The molecule has 1 fully saturated rings. The van der Waals surface area contributed by atoms with E-state index in [1.165, 1.54) is 16.7 Å². The zero-order valence-corrected chi connectivity index (χ0v) is 19.4. The van der Waals surface area contributed by atoms with Crippen LogP contribution < -0.4 is 0 Å². The molecule has 2 atom stereocenters. The summed E-state index contributed by atoms with van der Waals surface area (Å²) in [5.74, 6) is 1.63. The van der Waals surface area contributed by atoms with Crippen LogP contribution in [0.25, 0.3) is 11.5 Å². The fourth-order valence-corrected chi connectivity index (χ4v) is 4.20. The molecule has 0 bridgehead atoms. The maximum Gasteiger partial charge on any atom is 0.247 e. The molecule has 6 heteroatoms. The van der Waals surface area contributed by atoms with Gasteiger partial charge in [0.2, 0.25) is 17.7 Å². The molecular weight excluding hydrogens is 400 g/mol. The molecule has 168 valence electrons. The minimum absolute atomic E-state index is 0.0169. The van der Waals surface area contributed by atoms with Crippen molar-refractivity contribution < 1.29 is 9.21 Å². The van der Waals surface area contributed by atoms with E-state index in [1.807, 2.05) is 29.2 Å². The Balaban J connectivity index is 1.32. The van der Waals surface area contributed by atoms with Crippen LogP contribution in [0.15, 0.2) is 52.9 Å². The van der Waals surface area contributed by atoms with Crippen molar-refractivity contribution in [3.63, 3.8) is 0 Å². The maximum atomic E-state index is 12.8. The van der Waals surface area contributed by atoms with Crippen LogP contribution in [0.2, 0.25) is 0 Å². The normalized spacial score (nSPS) is 16.7. The van der Waals surface area contributed by atoms with Gasteiger partial charge >= 0.3 is 0 Å². The minimum Gasteiger partial charge on any atom is -0.419 e. The van der Waals surface area contributed by atoms with Gasteiger partial charge in [-0.25, -0.2) is 0 Å². The summed E-state index contributed by atoms with van der Waals surface area (Å²) < 4.78 is 6.01. The van der Waals surface area contributed by atoms with Gasteiger partial charge in [0.1, 0.15) is 0 Å². The molecule has 0 spiro atoms. The Morgan fingerprint density at radius 3 is 2.38 bits per heavy atom. The average molecular weight is 433 g/mol. The summed E-state index contributed by atoms with van der Waals surface area (Å²) in [4.78, 5) is 17.1. The van der Waals surface area contributed by atoms with Crippen molar-refractivity contribution in [1.29, 1.82) is 0 Å². The van der Waals surface area contributed by atoms with Crippen LogP contribution in [-0.2, 0) is 4.79 Å². The number of rotatable bonds is 6. The lowest BCUT2D eigenvalue weighted by Crippen LogP contribution is -2.49. The van der Waals surface area contributed by atoms with E-state index in [9.17, 15) is 4.79 Å². The van der Waals surface area contributed by atoms with Gasteiger partial charge in [0.05, 0.1) is 6.04 Å². The van der Waals surface area contributed by atoms with Crippen molar-refractivity contribution in [3.05, 3.63) is 71.1 Å². The lowest BCUT2D eigenvalue weighted by atomic mass is 9.97. The molecule has 0 unspecified atom stereocenters. The van der Waals surface area contributed by atoms with E-state index in [2.05, 4.69) is 67.1 Å². The van der Waals surface area contributed by atoms with Crippen LogP contribution in [0.5, 0.6) is 0 Å². The molecule has 1 amide bonds. The van der Waals surface area contributed by atoms with E-state index in [0.29, 0.717) is 18.2 Å². The molecule has 1 aliphatic rings. The maximum absolute atomic E-state index is 12.8. The van der Waals surface area contributed by atoms with Gasteiger partial charge in [-0.15, -0.1) is 10.2 Å². The van der Waals surface area contributed by atoms with E-state index in [-0.39, 0.29) is 17.9 Å². The summed E-state index contributed by atoms with van der Waals surface area (Å²) in [6.07, 6.45) is 0.544. The van der Waals surface area contributed by atoms with Crippen molar-refractivity contribution in [2.75, 3.05) is 26.2 Å². The molecule has 0 saturated carbocycles. The van der Waals surface area contributed by atoms with Gasteiger partial charge in [-0.1, -0.05) is 43.3 Å². The van der Waals surface area contributed by atoms with Gasteiger partial charge in [0.25, 0.3) is 0 Å². The van der Waals surface area contributed by atoms with Crippen molar-refractivity contribution in [1.82, 2.24) is 20.0 Å². The highest BCUT2D eigenvalue weighted by Crippen LogP contribution is 2.26. The number of hydrogen-bond acceptors (Lipinski definition) is 5. The first-order valence-electron chi connectivity index (χ1n) is 11.4. The lowest BCUT2D eigenvalue weighted by Gasteiger charge is -2.37. The molecule has 2 heterocycles. The second kappa shape index (κ2) is 9.65. The summed E-state index contributed by atoms with van der Waals surface area (Å²) in [5.41, 5.74) is 4.61. The lowest BCUT2D eigenvalue weighted by molar-refractivity contribution is -0.133. The molecule has 0 aliphatic carbocycles. The largest absolute Gasteiger partial charge is 0.419 e. The number of hydrogen-bond donors (Lipinski definition) is 0. The molecule has 4 rings (SSSR count). The molecule has 3 aromatic rings. The first kappa shape index (κ1) is 22.2. The fraction of sp³-hybridized carbons (Fsp3) is 0.423. The number of aromatic nitrogens is 2. The second-order valence-electron chi connectivity index (χ2n) is 8.85. The van der Waals surface area contributed by atoms with E-state index in [0.717, 1.165) is 31.7 Å². The zero-order chi connectivity index (χ0) is 22.7. The highest BCUT2D eigenvalue weighted by Gasteiger charge is 2.28. The average Bonchev–Trinajstić information content (AvgIpc) is 3.31. The van der Waals surface area contributed by atoms with Crippen LogP contribution in [-0.4, -0.2) is 52.1 Å². The molecule has 1 aromatic heterocycles. The van der Waals surface area contributed by atoms with E-state index in [4.69, 9.17) is 4.42 Å². The Kier molecular flexibility index (Phi) is 6.70. The van der Waals surface area contributed by atoms with Gasteiger partial charge in [-0.05, 0) is 55.5 Å². The molecule has 0 N–H and O–H groups in total. The van der Waals surface area contributed by atoms with Gasteiger partial charge < -0.3 is 9.32 Å². The summed E-state index contributed by atoms with van der Waals surface area (Å²) in [7, 11) is 0. The zero-order valence-electron chi connectivity index (χ0n) is 19.4. The summed E-state index contributed by atoms with van der Waals surface area (Å²) in [5, 5.41) is 8.58. The first-order valence-corrected chi connectivity index (χ1v) is 11.4. The summed E-state index contributed by atoms with van der Waals surface area (Å²) >= 11 is 0. The van der Waals surface area contributed by atoms with Crippen LogP contribution in [0, 0.1) is 13.8 Å². The Bertz CT molecular complexity index is 1050. The Morgan fingerprint density at radius 1 is 0.969 bits per heavy atom.